The van der Waals surface area contributed by atoms with Crippen molar-refractivity contribution in [2.45, 2.75) is 33.1 Å². The average molecular weight is 180 g/mol. The van der Waals surface area contributed by atoms with Crippen LogP contribution >= 0.6 is 0 Å². The van der Waals surface area contributed by atoms with Gasteiger partial charge in [0.05, 0.1) is 5.92 Å². The number of halogens is 2. The molecular weight excluding hydrogens is 166 g/mol. The zero-order chi connectivity index (χ0) is 9.72. The standard InChI is InChI=1S/C8H14F2O2/c1-5(2)3-6(8(11)12)4-7(9)10/h5-7H,3-4H2,1-2H3,(H,11,12). The van der Waals surface area contributed by atoms with Crippen LogP contribution in [-0.2, 0) is 4.79 Å². The molecule has 0 aromatic carbocycles. The van der Waals surface area contributed by atoms with Gasteiger partial charge in [-0.3, -0.25) is 4.79 Å². The van der Waals surface area contributed by atoms with Gasteiger partial charge < -0.3 is 5.11 Å². The topological polar surface area (TPSA) is 37.3 Å². The molecule has 1 unspecified atom stereocenters. The number of rotatable bonds is 5. The first-order valence-corrected chi connectivity index (χ1v) is 3.94. The van der Waals surface area contributed by atoms with Crippen LogP contribution in [0.15, 0.2) is 0 Å². The van der Waals surface area contributed by atoms with Gasteiger partial charge in [0.15, 0.2) is 0 Å². The highest BCUT2D eigenvalue weighted by Crippen LogP contribution is 2.19. The van der Waals surface area contributed by atoms with Crippen LogP contribution in [0.5, 0.6) is 0 Å². The number of aliphatic carboxylic acids is 1. The zero-order valence-electron chi connectivity index (χ0n) is 7.26. The Hall–Kier alpha value is -0.670. The maximum Gasteiger partial charge on any atom is 0.306 e. The SMILES string of the molecule is CC(C)CC(CC(F)F)C(=O)O. The number of hydrogen-bond acceptors (Lipinski definition) is 1. The molecule has 72 valence electrons. The van der Waals surface area contributed by atoms with Gasteiger partial charge in [0.25, 0.3) is 0 Å². The van der Waals surface area contributed by atoms with Crippen LogP contribution < -0.4 is 0 Å². The van der Waals surface area contributed by atoms with Gasteiger partial charge in [0.2, 0.25) is 6.43 Å². The largest absolute Gasteiger partial charge is 0.481 e. The first-order chi connectivity index (χ1) is 5.43. The fraction of sp³-hybridized carbons (Fsp3) is 0.875. The van der Waals surface area contributed by atoms with Crippen LogP contribution in [0.3, 0.4) is 0 Å². The first kappa shape index (κ1) is 11.3. The summed E-state index contributed by atoms with van der Waals surface area (Å²) in [5.74, 6) is -1.88. The third-order valence-electron chi connectivity index (χ3n) is 1.57. The molecule has 12 heavy (non-hydrogen) atoms. The summed E-state index contributed by atoms with van der Waals surface area (Å²) in [7, 11) is 0. The lowest BCUT2D eigenvalue weighted by atomic mass is 9.94. The summed E-state index contributed by atoms with van der Waals surface area (Å²) < 4.78 is 23.7. The van der Waals surface area contributed by atoms with Crippen LogP contribution in [0, 0.1) is 11.8 Å². The van der Waals surface area contributed by atoms with Crippen LogP contribution in [0.1, 0.15) is 26.7 Å². The van der Waals surface area contributed by atoms with Gasteiger partial charge in [-0.15, -0.1) is 0 Å². The first-order valence-electron chi connectivity index (χ1n) is 3.94. The molecule has 0 aliphatic carbocycles. The predicted octanol–water partition coefficient (Wildman–Crippen LogP) is 2.39. The molecule has 0 rings (SSSR count). The lowest BCUT2D eigenvalue weighted by Crippen LogP contribution is -2.18. The van der Waals surface area contributed by atoms with Gasteiger partial charge in [-0.05, 0) is 12.3 Å². The Morgan fingerprint density at radius 1 is 1.33 bits per heavy atom. The maximum absolute atomic E-state index is 11.8. The fourth-order valence-corrected chi connectivity index (χ4v) is 1.08. The molecule has 1 N–H and O–H groups in total. The van der Waals surface area contributed by atoms with E-state index in [1.165, 1.54) is 0 Å². The van der Waals surface area contributed by atoms with Crippen molar-refractivity contribution in [1.82, 2.24) is 0 Å². The fourth-order valence-electron chi connectivity index (χ4n) is 1.08. The smallest absolute Gasteiger partial charge is 0.306 e. The van der Waals surface area contributed by atoms with Crippen molar-refractivity contribution in [3.8, 4) is 0 Å². The number of hydrogen-bond donors (Lipinski definition) is 1. The molecule has 0 aliphatic rings. The highest BCUT2D eigenvalue weighted by Gasteiger charge is 2.22. The van der Waals surface area contributed by atoms with Gasteiger partial charge in [-0.2, -0.15) is 0 Å². The molecule has 0 aromatic heterocycles. The second-order valence-electron chi connectivity index (χ2n) is 3.29. The Balaban J connectivity index is 3.96. The lowest BCUT2D eigenvalue weighted by molar-refractivity contribution is -0.143. The number of carboxylic acids is 1. The minimum Gasteiger partial charge on any atom is -0.481 e. The van der Waals surface area contributed by atoms with E-state index in [1.807, 2.05) is 13.8 Å². The Labute approximate surface area is 70.6 Å². The Kier molecular flexibility index (Phi) is 4.78. The van der Waals surface area contributed by atoms with Crippen molar-refractivity contribution in [1.29, 1.82) is 0 Å². The number of carbonyl (C=O) groups is 1. The monoisotopic (exact) mass is 180 g/mol. The highest BCUT2D eigenvalue weighted by molar-refractivity contribution is 5.69. The van der Waals surface area contributed by atoms with E-state index in [-0.39, 0.29) is 5.92 Å². The van der Waals surface area contributed by atoms with Crippen LogP contribution in [0.2, 0.25) is 0 Å². The van der Waals surface area contributed by atoms with Gasteiger partial charge in [-0.25, -0.2) is 8.78 Å². The summed E-state index contributed by atoms with van der Waals surface area (Å²) in [6, 6.07) is 0. The van der Waals surface area contributed by atoms with Crippen LogP contribution in [-0.4, -0.2) is 17.5 Å². The summed E-state index contributed by atoms with van der Waals surface area (Å²) in [5.41, 5.74) is 0. The van der Waals surface area contributed by atoms with E-state index < -0.39 is 24.7 Å². The third-order valence-corrected chi connectivity index (χ3v) is 1.57. The van der Waals surface area contributed by atoms with Crippen molar-refractivity contribution < 1.29 is 18.7 Å². The Morgan fingerprint density at radius 2 is 1.83 bits per heavy atom. The minimum absolute atomic E-state index is 0.143. The number of alkyl halides is 2. The minimum atomic E-state index is -2.52. The summed E-state index contributed by atoms with van der Waals surface area (Å²) >= 11 is 0. The van der Waals surface area contributed by atoms with Gasteiger partial charge in [0, 0.05) is 6.42 Å². The van der Waals surface area contributed by atoms with E-state index in [1.54, 1.807) is 0 Å². The van der Waals surface area contributed by atoms with Gasteiger partial charge in [-0.1, -0.05) is 13.8 Å². The molecule has 0 bridgehead atoms. The molecule has 0 amide bonds. The summed E-state index contributed by atoms with van der Waals surface area (Å²) in [4.78, 5) is 10.4. The van der Waals surface area contributed by atoms with E-state index in [0.717, 1.165) is 0 Å². The van der Waals surface area contributed by atoms with E-state index >= 15 is 0 Å². The molecular formula is C8H14F2O2. The molecule has 0 aliphatic heterocycles. The molecule has 0 spiro atoms. The van der Waals surface area contributed by atoms with E-state index in [2.05, 4.69) is 0 Å². The quantitative estimate of drug-likeness (QED) is 0.705. The van der Waals surface area contributed by atoms with Crippen molar-refractivity contribution in [2.24, 2.45) is 11.8 Å². The van der Waals surface area contributed by atoms with Crippen molar-refractivity contribution in [3.63, 3.8) is 0 Å². The predicted molar refractivity (Wildman–Crippen MR) is 41.2 cm³/mol. The normalized spacial score (nSPS) is 13.8. The van der Waals surface area contributed by atoms with Gasteiger partial charge in [0.1, 0.15) is 0 Å². The molecule has 0 fully saturated rings. The van der Waals surface area contributed by atoms with E-state index in [4.69, 9.17) is 5.11 Å². The summed E-state index contributed by atoms with van der Waals surface area (Å²) in [5, 5.41) is 8.54. The molecule has 0 aromatic rings. The van der Waals surface area contributed by atoms with Crippen molar-refractivity contribution in [2.75, 3.05) is 0 Å². The average Bonchev–Trinajstić information content (AvgIpc) is 1.83. The van der Waals surface area contributed by atoms with E-state index in [9.17, 15) is 13.6 Å². The highest BCUT2D eigenvalue weighted by atomic mass is 19.3. The lowest BCUT2D eigenvalue weighted by Gasteiger charge is -2.13. The molecule has 0 radical (unpaired) electrons. The van der Waals surface area contributed by atoms with Crippen LogP contribution in [0.4, 0.5) is 8.78 Å². The molecule has 0 saturated carbocycles. The molecule has 1 atom stereocenters. The van der Waals surface area contributed by atoms with E-state index in [0.29, 0.717) is 6.42 Å². The van der Waals surface area contributed by atoms with Gasteiger partial charge >= 0.3 is 5.97 Å². The zero-order valence-corrected chi connectivity index (χ0v) is 7.26. The van der Waals surface area contributed by atoms with Crippen molar-refractivity contribution in [3.05, 3.63) is 0 Å². The third kappa shape index (κ3) is 5.04. The Morgan fingerprint density at radius 3 is 2.08 bits per heavy atom. The molecule has 0 heterocycles. The molecule has 0 saturated heterocycles. The summed E-state index contributed by atoms with van der Waals surface area (Å²) in [6.45, 7) is 3.64. The second-order valence-corrected chi connectivity index (χ2v) is 3.29. The molecule has 4 heteroatoms. The second kappa shape index (κ2) is 5.06. The summed E-state index contributed by atoms with van der Waals surface area (Å²) in [6.07, 6.45) is -2.74. The van der Waals surface area contributed by atoms with Crippen molar-refractivity contribution >= 4 is 5.97 Å². The Bertz CT molecular complexity index is 136. The maximum atomic E-state index is 11.8. The van der Waals surface area contributed by atoms with Crippen LogP contribution in [0.25, 0.3) is 0 Å². The number of carboxylic acid groups (broad SMARTS) is 1. The molecule has 2 nitrogen and oxygen atoms in total.